The van der Waals surface area contributed by atoms with Crippen LogP contribution in [0.25, 0.3) is 11.6 Å². The third kappa shape index (κ3) is 4.11. The maximum Gasteiger partial charge on any atom is 0.216 e. The van der Waals surface area contributed by atoms with Crippen LogP contribution in [0, 0.1) is 0 Å². The zero-order valence-corrected chi connectivity index (χ0v) is 15.9. The smallest absolute Gasteiger partial charge is 0.216 e. The van der Waals surface area contributed by atoms with Crippen molar-refractivity contribution in [2.45, 2.75) is 13.1 Å². The predicted octanol–water partition coefficient (Wildman–Crippen LogP) is 2.37. The van der Waals surface area contributed by atoms with Gasteiger partial charge in [0, 0.05) is 37.5 Å². The van der Waals surface area contributed by atoms with Gasteiger partial charge >= 0.3 is 0 Å². The van der Waals surface area contributed by atoms with E-state index in [-0.39, 0.29) is 0 Å². The van der Waals surface area contributed by atoms with Gasteiger partial charge in [-0.15, -0.1) is 5.10 Å². The number of halogens is 1. The molecule has 132 valence electrons. The molecular formula is C16H20BrN7O. The molecule has 3 rings (SSSR count). The lowest BCUT2D eigenvalue weighted by molar-refractivity contribution is 0.460. The number of guanidine groups is 1. The third-order valence-electron chi connectivity index (χ3n) is 3.73. The number of rotatable bonds is 5. The van der Waals surface area contributed by atoms with Crippen LogP contribution in [0.4, 0.5) is 0 Å². The first-order valence-corrected chi connectivity index (χ1v) is 8.54. The number of furan rings is 1. The molecule has 0 saturated heterocycles. The Labute approximate surface area is 154 Å². The van der Waals surface area contributed by atoms with E-state index in [0.717, 1.165) is 17.0 Å². The van der Waals surface area contributed by atoms with E-state index in [1.807, 2.05) is 37.3 Å². The average Bonchev–Trinajstić information content (AvgIpc) is 3.30. The van der Waals surface area contributed by atoms with Gasteiger partial charge in [-0.1, -0.05) is 0 Å². The van der Waals surface area contributed by atoms with Gasteiger partial charge in [-0.3, -0.25) is 10.1 Å². The molecule has 3 aromatic heterocycles. The summed E-state index contributed by atoms with van der Waals surface area (Å²) < 4.78 is 8.44. The van der Waals surface area contributed by atoms with Gasteiger partial charge in [0.25, 0.3) is 0 Å². The Bertz CT molecular complexity index is 850. The fourth-order valence-corrected chi connectivity index (χ4v) is 3.05. The van der Waals surface area contributed by atoms with Gasteiger partial charge in [0.05, 0.1) is 19.4 Å². The lowest BCUT2D eigenvalue weighted by Crippen LogP contribution is -2.38. The van der Waals surface area contributed by atoms with Crippen molar-refractivity contribution in [3.63, 3.8) is 0 Å². The summed E-state index contributed by atoms with van der Waals surface area (Å²) in [6, 6.07) is 5.73. The highest BCUT2D eigenvalue weighted by molar-refractivity contribution is 9.10. The molecule has 9 heteroatoms. The fourth-order valence-electron chi connectivity index (χ4n) is 2.48. The molecule has 8 nitrogen and oxygen atoms in total. The summed E-state index contributed by atoms with van der Waals surface area (Å²) in [6.07, 6.45) is 3.63. The van der Waals surface area contributed by atoms with Crippen molar-refractivity contribution in [3.05, 3.63) is 46.7 Å². The fraction of sp³-hybridized carbons (Fsp3) is 0.312. The Balaban J connectivity index is 1.60. The number of aryl methyl sites for hydroxylation is 1. The van der Waals surface area contributed by atoms with E-state index in [2.05, 4.69) is 52.1 Å². The van der Waals surface area contributed by atoms with Gasteiger partial charge in [0.2, 0.25) is 5.82 Å². The minimum Gasteiger partial charge on any atom is -0.461 e. The normalized spacial score (nSPS) is 11.8. The van der Waals surface area contributed by atoms with Crippen LogP contribution in [0.1, 0.15) is 11.5 Å². The number of hydrogen-bond acceptors (Lipinski definition) is 4. The van der Waals surface area contributed by atoms with Gasteiger partial charge in [-0.25, -0.2) is 4.98 Å². The van der Waals surface area contributed by atoms with Gasteiger partial charge in [0.1, 0.15) is 5.82 Å². The van der Waals surface area contributed by atoms with Gasteiger partial charge < -0.3 is 19.2 Å². The monoisotopic (exact) mass is 405 g/mol. The number of nitrogens with zero attached hydrogens (tertiary/aromatic N) is 5. The summed E-state index contributed by atoms with van der Waals surface area (Å²) in [5.41, 5.74) is 1.18. The van der Waals surface area contributed by atoms with E-state index in [1.54, 1.807) is 13.3 Å². The molecule has 0 aliphatic carbocycles. The largest absolute Gasteiger partial charge is 0.461 e. The lowest BCUT2D eigenvalue weighted by atomic mass is 10.4. The molecule has 3 aromatic rings. The number of aliphatic imine (C=N–C) groups is 1. The minimum atomic E-state index is 0.488. The molecule has 0 aromatic carbocycles. The molecule has 0 aliphatic rings. The second-order valence-electron chi connectivity index (χ2n) is 5.60. The number of nitrogens with one attached hydrogen (secondary N) is 2. The van der Waals surface area contributed by atoms with E-state index in [1.165, 1.54) is 5.69 Å². The van der Waals surface area contributed by atoms with Crippen LogP contribution in [0.3, 0.4) is 0 Å². The van der Waals surface area contributed by atoms with Gasteiger partial charge in [0.15, 0.2) is 11.7 Å². The first-order valence-electron chi connectivity index (χ1n) is 7.74. The van der Waals surface area contributed by atoms with Gasteiger partial charge in [-0.05, 0) is 34.1 Å². The van der Waals surface area contributed by atoms with Crippen LogP contribution in [0.5, 0.6) is 0 Å². The molecule has 0 saturated carbocycles. The number of hydrogen-bond donors (Lipinski definition) is 2. The Morgan fingerprint density at radius 1 is 1.52 bits per heavy atom. The molecule has 25 heavy (non-hydrogen) atoms. The molecule has 2 N–H and O–H groups in total. The second-order valence-corrected chi connectivity index (χ2v) is 6.52. The highest BCUT2D eigenvalue weighted by Gasteiger charge is 2.12. The van der Waals surface area contributed by atoms with Crippen LogP contribution in [0.2, 0.25) is 0 Å². The Morgan fingerprint density at radius 2 is 2.36 bits per heavy atom. The van der Waals surface area contributed by atoms with E-state index < -0.39 is 0 Å². The van der Waals surface area contributed by atoms with Gasteiger partial charge in [-0.2, -0.15) is 0 Å². The first kappa shape index (κ1) is 17.3. The molecule has 0 spiro atoms. The standard InChI is InChI=1S/C16H20BrN7O/c1-18-16(24(3)10-12-7-11(17)9-23(12)2)19-8-14-20-15(22-21-14)13-5-4-6-25-13/h4-7,9H,8,10H2,1-3H3,(H,18,19)(H,20,21,22). The number of aromatic nitrogens is 4. The summed E-state index contributed by atoms with van der Waals surface area (Å²) in [6.45, 7) is 1.22. The van der Waals surface area contributed by atoms with Crippen molar-refractivity contribution < 1.29 is 4.42 Å². The summed E-state index contributed by atoms with van der Waals surface area (Å²) in [5, 5.41) is 10.3. The van der Waals surface area contributed by atoms with Crippen LogP contribution in [-0.2, 0) is 20.1 Å². The maximum atomic E-state index is 5.29. The Morgan fingerprint density at radius 3 is 3.00 bits per heavy atom. The molecule has 0 amide bonds. The third-order valence-corrected chi connectivity index (χ3v) is 4.17. The SMILES string of the molecule is CN=C(NCc1nc(-c2ccco2)n[nH]1)N(C)Cc1cc(Br)cn1C. The maximum absolute atomic E-state index is 5.29. The molecule has 3 heterocycles. The van der Waals surface area contributed by atoms with Crippen molar-refractivity contribution in [1.82, 2.24) is 30.0 Å². The van der Waals surface area contributed by atoms with Crippen molar-refractivity contribution in [2.75, 3.05) is 14.1 Å². The van der Waals surface area contributed by atoms with E-state index in [4.69, 9.17) is 4.42 Å². The first-order chi connectivity index (χ1) is 12.1. The van der Waals surface area contributed by atoms with Crippen molar-refractivity contribution in [3.8, 4) is 11.6 Å². The van der Waals surface area contributed by atoms with E-state index >= 15 is 0 Å². The molecule has 0 radical (unpaired) electrons. The Hall–Kier alpha value is -2.55. The summed E-state index contributed by atoms with van der Waals surface area (Å²) in [5.74, 6) is 2.66. The lowest BCUT2D eigenvalue weighted by Gasteiger charge is -2.22. The zero-order valence-electron chi connectivity index (χ0n) is 14.3. The average molecular weight is 406 g/mol. The molecule has 0 fully saturated rings. The summed E-state index contributed by atoms with van der Waals surface area (Å²) in [4.78, 5) is 10.8. The second kappa shape index (κ2) is 7.56. The molecule has 0 aliphatic heterocycles. The highest BCUT2D eigenvalue weighted by atomic mass is 79.9. The van der Waals surface area contributed by atoms with Crippen LogP contribution >= 0.6 is 15.9 Å². The number of aromatic amines is 1. The van der Waals surface area contributed by atoms with E-state index in [9.17, 15) is 0 Å². The topological polar surface area (TPSA) is 87.3 Å². The summed E-state index contributed by atoms with van der Waals surface area (Å²) in [7, 11) is 5.77. The quantitative estimate of drug-likeness (QED) is 0.502. The molecule has 0 atom stereocenters. The highest BCUT2D eigenvalue weighted by Crippen LogP contribution is 2.15. The van der Waals surface area contributed by atoms with Crippen molar-refractivity contribution in [1.29, 1.82) is 0 Å². The predicted molar refractivity (Wildman–Crippen MR) is 98.9 cm³/mol. The van der Waals surface area contributed by atoms with Crippen molar-refractivity contribution >= 4 is 21.9 Å². The molecule has 0 bridgehead atoms. The minimum absolute atomic E-state index is 0.488. The Kier molecular flexibility index (Phi) is 5.22. The summed E-state index contributed by atoms with van der Waals surface area (Å²) >= 11 is 3.49. The van der Waals surface area contributed by atoms with Crippen LogP contribution < -0.4 is 5.32 Å². The van der Waals surface area contributed by atoms with Crippen LogP contribution in [-0.4, -0.2) is 44.7 Å². The molecular weight excluding hydrogens is 386 g/mol. The van der Waals surface area contributed by atoms with E-state index in [0.29, 0.717) is 24.0 Å². The van der Waals surface area contributed by atoms with Crippen molar-refractivity contribution in [2.24, 2.45) is 12.0 Å². The number of H-pyrrole nitrogens is 1. The zero-order chi connectivity index (χ0) is 17.8. The van der Waals surface area contributed by atoms with Crippen LogP contribution in [0.15, 0.2) is 44.5 Å². The molecule has 0 unspecified atom stereocenters.